The van der Waals surface area contributed by atoms with Crippen LogP contribution in [0.5, 0.6) is 0 Å². The Labute approximate surface area is 76.4 Å². The van der Waals surface area contributed by atoms with E-state index in [1.165, 1.54) is 0 Å². The molecule has 1 rings (SSSR count). The molecule has 0 saturated heterocycles. The van der Waals surface area contributed by atoms with Crippen molar-refractivity contribution in [3.8, 4) is 0 Å². The molecule has 1 aromatic rings. The minimum atomic E-state index is 0.512. The number of hydrogen-bond donors (Lipinski definition) is 0. The van der Waals surface area contributed by atoms with Crippen molar-refractivity contribution in [2.45, 2.75) is 5.88 Å². The van der Waals surface area contributed by atoms with Crippen molar-refractivity contribution < 1.29 is 0 Å². The Morgan fingerprint density at radius 3 is 2.73 bits per heavy atom. The molecule has 0 aliphatic heterocycles. The zero-order valence-corrected chi connectivity index (χ0v) is 7.49. The molecule has 58 valence electrons. The first-order chi connectivity index (χ1) is 5.27. The van der Waals surface area contributed by atoms with E-state index in [2.05, 4.69) is 6.58 Å². The van der Waals surface area contributed by atoms with Gasteiger partial charge in [0.2, 0.25) is 0 Å². The average molecular weight is 187 g/mol. The number of hydrogen-bond acceptors (Lipinski definition) is 0. The van der Waals surface area contributed by atoms with Crippen LogP contribution in [0.2, 0.25) is 5.02 Å². The SMILES string of the molecule is C=Cc1cc(CCl)ccc1Cl. The van der Waals surface area contributed by atoms with E-state index in [4.69, 9.17) is 23.2 Å². The van der Waals surface area contributed by atoms with E-state index < -0.39 is 0 Å². The van der Waals surface area contributed by atoms with E-state index in [1.807, 2.05) is 18.2 Å². The van der Waals surface area contributed by atoms with Gasteiger partial charge in [-0.1, -0.05) is 30.3 Å². The van der Waals surface area contributed by atoms with Crippen LogP contribution in [-0.4, -0.2) is 0 Å². The van der Waals surface area contributed by atoms with Crippen LogP contribution < -0.4 is 0 Å². The van der Waals surface area contributed by atoms with Gasteiger partial charge in [0.25, 0.3) is 0 Å². The highest BCUT2D eigenvalue weighted by atomic mass is 35.5. The van der Waals surface area contributed by atoms with E-state index in [-0.39, 0.29) is 0 Å². The van der Waals surface area contributed by atoms with E-state index in [0.29, 0.717) is 10.9 Å². The normalized spacial score (nSPS) is 9.64. The van der Waals surface area contributed by atoms with Gasteiger partial charge in [0, 0.05) is 10.9 Å². The largest absolute Gasteiger partial charge is 0.122 e. The summed E-state index contributed by atoms with van der Waals surface area (Å²) >= 11 is 11.5. The topological polar surface area (TPSA) is 0 Å². The predicted octanol–water partition coefficient (Wildman–Crippen LogP) is 3.72. The molecule has 0 heterocycles. The molecule has 0 N–H and O–H groups in total. The van der Waals surface area contributed by atoms with Gasteiger partial charge in [-0.05, 0) is 23.3 Å². The summed E-state index contributed by atoms with van der Waals surface area (Å²) in [7, 11) is 0. The standard InChI is InChI=1S/C9H8Cl2/c1-2-8-5-7(6-10)3-4-9(8)11/h2-5H,1,6H2. The zero-order chi connectivity index (χ0) is 8.27. The van der Waals surface area contributed by atoms with Crippen LogP contribution in [-0.2, 0) is 5.88 Å². The van der Waals surface area contributed by atoms with Crippen LogP contribution in [0.1, 0.15) is 11.1 Å². The minimum absolute atomic E-state index is 0.512. The van der Waals surface area contributed by atoms with E-state index >= 15 is 0 Å². The molecule has 0 fully saturated rings. The molecular weight excluding hydrogens is 179 g/mol. The molecule has 0 aliphatic rings. The maximum absolute atomic E-state index is 5.84. The first kappa shape index (κ1) is 8.63. The van der Waals surface area contributed by atoms with Gasteiger partial charge in [-0.15, -0.1) is 11.6 Å². The highest BCUT2D eigenvalue weighted by Gasteiger charge is 1.96. The molecule has 1 aromatic carbocycles. The van der Waals surface area contributed by atoms with E-state index in [1.54, 1.807) is 6.08 Å². The number of alkyl halides is 1. The third-order valence-electron chi connectivity index (χ3n) is 1.43. The summed E-state index contributed by atoms with van der Waals surface area (Å²) in [6.07, 6.45) is 1.72. The Kier molecular flexibility index (Phi) is 2.98. The molecule has 2 heteroatoms. The van der Waals surface area contributed by atoms with Crippen molar-refractivity contribution >= 4 is 29.3 Å². The quantitative estimate of drug-likeness (QED) is 0.619. The van der Waals surface area contributed by atoms with Crippen molar-refractivity contribution in [3.05, 3.63) is 40.9 Å². The summed E-state index contributed by atoms with van der Waals surface area (Å²) in [5, 5.41) is 0.717. The highest BCUT2D eigenvalue weighted by molar-refractivity contribution is 6.32. The van der Waals surface area contributed by atoms with Crippen molar-refractivity contribution in [2.24, 2.45) is 0 Å². The molecule has 0 nitrogen and oxygen atoms in total. The summed E-state index contributed by atoms with van der Waals surface area (Å²) in [6.45, 7) is 3.64. The molecular formula is C9H8Cl2. The Morgan fingerprint density at radius 2 is 2.18 bits per heavy atom. The summed E-state index contributed by atoms with van der Waals surface area (Å²) in [4.78, 5) is 0. The summed E-state index contributed by atoms with van der Waals surface area (Å²) in [6, 6.07) is 5.67. The predicted molar refractivity (Wildman–Crippen MR) is 51.1 cm³/mol. The fourth-order valence-electron chi connectivity index (χ4n) is 0.833. The van der Waals surface area contributed by atoms with Crippen molar-refractivity contribution in [3.63, 3.8) is 0 Å². The lowest BCUT2D eigenvalue weighted by Crippen LogP contribution is -1.80. The Hall–Kier alpha value is -0.460. The van der Waals surface area contributed by atoms with Crippen LogP contribution in [0.3, 0.4) is 0 Å². The van der Waals surface area contributed by atoms with Crippen LogP contribution >= 0.6 is 23.2 Å². The fraction of sp³-hybridized carbons (Fsp3) is 0.111. The third kappa shape index (κ3) is 1.98. The van der Waals surface area contributed by atoms with Crippen molar-refractivity contribution in [1.29, 1.82) is 0 Å². The third-order valence-corrected chi connectivity index (χ3v) is 2.09. The minimum Gasteiger partial charge on any atom is -0.122 e. The second-order valence-electron chi connectivity index (χ2n) is 2.19. The summed E-state index contributed by atoms with van der Waals surface area (Å²) < 4.78 is 0. The van der Waals surface area contributed by atoms with Gasteiger partial charge >= 0.3 is 0 Å². The maximum Gasteiger partial charge on any atom is 0.0478 e. The van der Waals surface area contributed by atoms with E-state index in [9.17, 15) is 0 Å². The van der Waals surface area contributed by atoms with Gasteiger partial charge < -0.3 is 0 Å². The van der Waals surface area contributed by atoms with Crippen molar-refractivity contribution in [1.82, 2.24) is 0 Å². The molecule has 0 aromatic heterocycles. The number of halogens is 2. The van der Waals surface area contributed by atoms with Gasteiger partial charge in [0.05, 0.1) is 0 Å². The molecule has 0 saturated carbocycles. The molecule has 11 heavy (non-hydrogen) atoms. The Balaban J connectivity index is 3.12. The Bertz CT molecular complexity index is 266. The average Bonchev–Trinajstić information content (AvgIpc) is 2.05. The molecule has 0 atom stereocenters. The monoisotopic (exact) mass is 186 g/mol. The van der Waals surface area contributed by atoms with Gasteiger partial charge in [0.1, 0.15) is 0 Å². The number of rotatable bonds is 2. The van der Waals surface area contributed by atoms with E-state index in [0.717, 1.165) is 11.1 Å². The molecule has 0 amide bonds. The maximum atomic E-state index is 5.84. The van der Waals surface area contributed by atoms with Gasteiger partial charge in [-0.25, -0.2) is 0 Å². The lowest BCUT2D eigenvalue weighted by Gasteiger charge is -1.99. The van der Waals surface area contributed by atoms with Crippen molar-refractivity contribution in [2.75, 3.05) is 0 Å². The van der Waals surface area contributed by atoms with Crippen LogP contribution in [0, 0.1) is 0 Å². The fourth-order valence-corrected chi connectivity index (χ4v) is 1.19. The van der Waals surface area contributed by atoms with Gasteiger partial charge in [0.15, 0.2) is 0 Å². The highest BCUT2D eigenvalue weighted by Crippen LogP contribution is 2.19. The first-order valence-electron chi connectivity index (χ1n) is 3.24. The summed E-state index contributed by atoms with van der Waals surface area (Å²) in [5.41, 5.74) is 2.00. The summed E-state index contributed by atoms with van der Waals surface area (Å²) in [5.74, 6) is 0.512. The molecule has 0 aliphatic carbocycles. The Morgan fingerprint density at radius 1 is 1.45 bits per heavy atom. The molecule has 0 spiro atoms. The molecule has 0 unspecified atom stereocenters. The molecule has 0 radical (unpaired) electrons. The number of benzene rings is 1. The van der Waals surface area contributed by atoms with Gasteiger partial charge in [-0.3, -0.25) is 0 Å². The zero-order valence-electron chi connectivity index (χ0n) is 5.98. The smallest absolute Gasteiger partial charge is 0.0478 e. The first-order valence-corrected chi connectivity index (χ1v) is 4.16. The lowest BCUT2D eigenvalue weighted by atomic mass is 10.1. The van der Waals surface area contributed by atoms with Crippen LogP contribution in [0.15, 0.2) is 24.8 Å². The lowest BCUT2D eigenvalue weighted by molar-refractivity contribution is 1.39. The molecule has 0 bridgehead atoms. The van der Waals surface area contributed by atoms with Crippen LogP contribution in [0.25, 0.3) is 6.08 Å². The van der Waals surface area contributed by atoms with Crippen LogP contribution in [0.4, 0.5) is 0 Å². The second kappa shape index (κ2) is 3.80. The second-order valence-corrected chi connectivity index (χ2v) is 2.87. The van der Waals surface area contributed by atoms with Gasteiger partial charge in [-0.2, -0.15) is 0 Å².